The molecule has 1 aliphatic rings. The molecule has 1 saturated heterocycles. The highest BCUT2D eigenvalue weighted by molar-refractivity contribution is 6.43. The molecule has 2 amide bonds. The Balaban J connectivity index is 2.20. The number of hydrogen-bond acceptors (Lipinski definition) is 5. The first kappa shape index (κ1) is 16.7. The fraction of sp³-hybridized carbons (Fsp3) is 0.375. The second kappa shape index (κ2) is 7.04. The molecule has 0 aromatic heterocycles. The summed E-state index contributed by atoms with van der Waals surface area (Å²) < 4.78 is 4.55. The highest BCUT2D eigenvalue weighted by Crippen LogP contribution is 2.13. The molecule has 7 nitrogen and oxygen atoms in total. The fourth-order valence-electron chi connectivity index (χ4n) is 2.36. The highest BCUT2D eigenvalue weighted by Gasteiger charge is 2.37. The van der Waals surface area contributed by atoms with Gasteiger partial charge in [0.1, 0.15) is 6.04 Å². The summed E-state index contributed by atoms with van der Waals surface area (Å²) in [5.41, 5.74) is 1.22. The van der Waals surface area contributed by atoms with Gasteiger partial charge >= 0.3 is 5.97 Å². The van der Waals surface area contributed by atoms with Crippen molar-refractivity contribution in [2.24, 2.45) is 0 Å². The van der Waals surface area contributed by atoms with Crippen molar-refractivity contribution in [3.8, 4) is 0 Å². The Morgan fingerprint density at radius 1 is 1.26 bits per heavy atom. The number of amides is 2. The molecule has 7 heteroatoms. The Kier molecular flexibility index (Phi) is 5.10. The van der Waals surface area contributed by atoms with Crippen LogP contribution >= 0.6 is 0 Å². The standard InChI is InChI=1S/C16H18N2O5/c1-10-3-5-11(6-4-10)14(20)16(22)18-8-7-17-15(21)12(18)9-13(19)23-2/h3-6,12H,7-9H2,1-2H3,(H,17,21)/t12-/m0/s1. The number of nitrogens with one attached hydrogen (secondary N) is 1. The van der Waals surface area contributed by atoms with E-state index in [0.29, 0.717) is 0 Å². The van der Waals surface area contributed by atoms with Crippen molar-refractivity contribution in [2.75, 3.05) is 20.2 Å². The predicted octanol–water partition coefficient (Wildman–Crippen LogP) is 0.0678. The lowest BCUT2D eigenvalue weighted by Gasteiger charge is -2.33. The van der Waals surface area contributed by atoms with Crippen molar-refractivity contribution in [1.29, 1.82) is 0 Å². The van der Waals surface area contributed by atoms with E-state index >= 15 is 0 Å². The van der Waals surface area contributed by atoms with Gasteiger partial charge in [-0.1, -0.05) is 29.8 Å². The quantitative estimate of drug-likeness (QED) is 0.482. The molecule has 1 heterocycles. The topological polar surface area (TPSA) is 92.8 Å². The van der Waals surface area contributed by atoms with Crippen LogP contribution in [0.5, 0.6) is 0 Å². The van der Waals surface area contributed by atoms with Crippen LogP contribution in [0.2, 0.25) is 0 Å². The summed E-state index contributed by atoms with van der Waals surface area (Å²) in [7, 11) is 1.20. The summed E-state index contributed by atoms with van der Waals surface area (Å²) >= 11 is 0. The molecule has 1 aliphatic heterocycles. The number of piperazine rings is 1. The monoisotopic (exact) mass is 318 g/mol. The second-order valence-electron chi connectivity index (χ2n) is 5.28. The minimum Gasteiger partial charge on any atom is -0.469 e. The second-order valence-corrected chi connectivity index (χ2v) is 5.28. The molecule has 1 N–H and O–H groups in total. The molecule has 1 aromatic carbocycles. The van der Waals surface area contributed by atoms with Crippen LogP contribution < -0.4 is 5.32 Å². The number of methoxy groups -OCH3 is 1. The predicted molar refractivity (Wildman–Crippen MR) is 80.7 cm³/mol. The van der Waals surface area contributed by atoms with E-state index < -0.39 is 29.6 Å². The van der Waals surface area contributed by atoms with E-state index in [1.54, 1.807) is 24.3 Å². The van der Waals surface area contributed by atoms with E-state index in [1.807, 2.05) is 6.92 Å². The number of benzene rings is 1. The van der Waals surface area contributed by atoms with Gasteiger partial charge in [-0.15, -0.1) is 0 Å². The van der Waals surface area contributed by atoms with Crippen LogP contribution in [0.3, 0.4) is 0 Å². The fourth-order valence-corrected chi connectivity index (χ4v) is 2.36. The van der Waals surface area contributed by atoms with Gasteiger partial charge < -0.3 is 15.0 Å². The maximum absolute atomic E-state index is 12.5. The number of ketones is 1. The van der Waals surface area contributed by atoms with Crippen molar-refractivity contribution >= 4 is 23.6 Å². The van der Waals surface area contributed by atoms with Gasteiger partial charge in [-0.3, -0.25) is 19.2 Å². The minimum absolute atomic E-state index is 0.170. The van der Waals surface area contributed by atoms with E-state index in [0.717, 1.165) is 10.5 Å². The average molecular weight is 318 g/mol. The zero-order valence-corrected chi connectivity index (χ0v) is 13.0. The Labute approximate surface area is 133 Å². The third-order valence-corrected chi connectivity index (χ3v) is 3.69. The van der Waals surface area contributed by atoms with Crippen LogP contribution in [-0.2, 0) is 19.1 Å². The Bertz CT molecular complexity index is 638. The van der Waals surface area contributed by atoms with Crippen LogP contribution in [0.15, 0.2) is 24.3 Å². The summed E-state index contributed by atoms with van der Waals surface area (Å²) in [5, 5.41) is 2.58. The Hall–Kier alpha value is -2.70. The number of Topliss-reactive ketones (excluding diaryl/α,β-unsaturated/α-hetero) is 1. The molecule has 2 rings (SSSR count). The lowest BCUT2D eigenvalue weighted by molar-refractivity contribution is -0.148. The molecule has 0 aliphatic carbocycles. The summed E-state index contributed by atoms with van der Waals surface area (Å²) in [4.78, 5) is 49.3. The van der Waals surface area contributed by atoms with Gasteiger partial charge in [-0.05, 0) is 6.92 Å². The van der Waals surface area contributed by atoms with Gasteiger partial charge in [0.25, 0.3) is 5.91 Å². The number of aryl methyl sites for hydroxylation is 1. The molecule has 0 unspecified atom stereocenters. The summed E-state index contributed by atoms with van der Waals surface area (Å²) in [6.07, 6.45) is -0.282. The Morgan fingerprint density at radius 3 is 2.52 bits per heavy atom. The van der Waals surface area contributed by atoms with Gasteiger partial charge in [0.2, 0.25) is 11.7 Å². The van der Waals surface area contributed by atoms with Crippen molar-refractivity contribution in [3.63, 3.8) is 0 Å². The molecule has 1 aromatic rings. The van der Waals surface area contributed by atoms with Gasteiger partial charge in [0.05, 0.1) is 13.5 Å². The van der Waals surface area contributed by atoms with E-state index in [-0.39, 0.29) is 25.1 Å². The first-order chi connectivity index (χ1) is 10.9. The van der Waals surface area contributed by atoms with Gasteiger partial charge in [-0.2, -0.15) is 0 Å². The van der Waals surface area contributed by atoms with Gasteiger partial charge in [-0.25, -0.2) is 0 Å². The molecule has 0 saturated carbocycles. The maximum atomic E-state index is 12.5. The zero-order chi connectivity index (χ0) is 17.0. The average Bonchev–Trinajstić information content (AvgIpc) is 2.56. The number of carbonyl (C=O) groups excluding carboxylic acids is 4. The van der Waals surface area contributed by atoms with Crippen LogP contribution in [0, 0.1) is 6.92 Å². The van der Waals surface area contributed by atoms with Crippen molar-refractivity contribution < 1.29 is 23.9 Å². The number of ether oxygens (including phenoxy) is 1. The molecule has 23 heavy (non-hydrogen) atoms. The molecular formula is C16H18N2O5. The third kappa shape index (κ3) is 3.74. The highest BCUT2D eigenvalue weighted by atomic mass is 16.5. The van der Waals surface area contributed by atoms with E-state index in [2.05, 4.69) is 10.1 Å². The Morgan fingerprint density at radius 2 is 1.91 bits per heavy atom. The lowest BCUT2D eigenvalue weighted by atomic mass is 10.0. The maximum Gasteiger partial charge on any atom is 0.308 e. The van der Waals surface area contributed by atoms with Crippen molar-refractivity contribution in [1.82, 2.24) is 10.2 Å². The number of hydrogen-bond donors (Lipinski definition) is 1. The number of carbonyl (C=O) groups is 4. The first-order valence-electron chi connectivity index (χ1n) is 7.20. The molecular weight excluding hydrogens is 300 g/mol. The zero-order valence-electron chi connectivity index (χ0n) is 13.0. The lowest BCUT2D eigenvalue weighted by Crippen LogP contribution is -2.59. The molecule has 1 fully saturated rings. The third-order valence-electron chi connectivity index (χ3n) is 3.69. The number of nitrogens with zero attached hydrogens (tertiary/aromatic N) is 1. The minimum atomic E-state index is -1.03. The van der Waals surface area contributed by atoms with Gasteiger partial charge in [0, 0.05) is 18.7 Å². The normalized spacial score (nSPS) is 17.4. The van der Waals surface area contributed by atoms with Gasteiger partial charge in [0.15, 0.2) is 0 Å². The summed E-state index contributed by atoms with van der Waals surface area (Å²) in [5.74, 6) is -2.58. The summed E-state index contributed by atoms with van der Waals surface area (Å²) in [6.45, 7) is 2.28. The van der Waals surface area contributed by atoms with Crippen LogP contribution in [0.4, 0.5) is 0 Å². The van der Waals surface area contributed by atoms with E-state index in [1.165, 1.54) is 7.11 Å². The molecule has 0 bridgehead atoms. The summed E-state index contributed by atoms with van der Waals surface area (Å²) in [6, 6.07) is 5.56. The molecule has 122 valence electrons. The van der Waals surface area contributed by atoms with Crippen molar-refractivity contribution in [3.05, 3.63) is 35.4 Å². The van der Waals surface area contributed by atoms with Crippen LogP contribution in [0.25, 0.3) is 0 Å². The SMILES string of the molecule is COC(=O)C[C@H]1C(=O)NCCN1C(=O)C(=O)c1ccc(C)cc1. The molecule has 1 atom stereocenters. The smallest absolute Gasteiger partial charge is 0.308 e. The molecule has 0 radical (unpaired) electrons. The number of esters is 1. The largest absolute Gasteiger partial charge is 0.469 e. The van der Waals surface area contributed by atoms with E-state index in [4.69, 9.17) is 0 Å². The van der Waals surface area contributed by atoms with Crippen LogP contribution in [-0.4, -0.2) is 54.7 Å². The first-order valence-corrected chi connectivity index (χ1v) is 7.20. The number of rotatable bonds is 4. The van der Waals surface area contributed by atoms with Crippen molar-refractivity contribution in [2.45, 2.75) is 19.4 Å². The van der Waals surface area contributed by atoms with E-state index in [9.17, 15) is 19.2 Å². The molecule has 0 spiro atoms. The van der Waals surface area contributed by atoms with Crippen LogP contribution in [0.1, 0.15) is 22.3 Å².